The first kappa shape index (κ1) is 14.5. The lowest BCUT2D eigenvalue weighted by molar-refractivity contribution is 0.213. The van der Waals surface area contributed by atoms with Crippen LogP contribution in [-0.4, -0.2) is 19.1 Å². The molecule has 2 N–H and O–H groups in total. The summed E-state index contributed by atoms with van der Waals surface area (Å²) in [5, 5.41) is 9.07. The molecule has 106 valence electrons. The quantitative estimate of drug-likeness (QED) is 0.838. The second-order valence-corrected chi connectivity index (χ2v) is 7.05. The van der Waals surface area contributed by atoms with Gasteiger partial charge in [0.15, 0.2) is 0 Å². The lowest BCUT2D eigenvalue weighted by atomic mass is 9.76. The average Bonchev–Trinajstić information content (AvgIpc) is 2.33. The van der Waals surface area contributed by atoms with Crippen molar-refractivity contribution in [2.24, 2.45) is 0 Å². The Hall–Kier alpha value is -0.910. The number of aliphatic hydroxyl groups is 1. The second kappa shape index (κ2) is 5.61. The molecule has 4 nitrogen and oxygen atoms in total. The monoisotopic (exact) mass is 283 g/mol. The van der Waals surface area contributed by atoms with Crippen LogP contribution in [-0.2, 0) is 22.4 Å². The molecular formula is C14H21NO3S. The van der Waals surface area contributed by atoms with Gasteiger partial charge in [0.25, 0.3) is 0 Å². The van der Waals surface area contributed by atoms with E-state index in [2.05, 4.69) is 4.72 Å². The number of hydrogen-bond acceptors (Lipinski definition) is 3. The van der Waals surface area contributed by atoms with Crippen molar-refractivity contribution in [2.45, 2.75) is 50.5 Å². The minimum atomic E-state index is -3.32. The number of rotatable bonds is 6. The molecule has 1 aliphatic rings. The van der Waals surface area contributed by atoms with Gasteiger partial charge in [0.2, 0.25) is 10.0 Å². The molecule has 1 fully saturated rings. The van der Waals surface area contributed by atoms with E-state index in [0.717, 1.165) is 31.2 Å². The average molecular weight is 283 g/mol. The van der Waals surface area contributed by atoms with E-state index in [1.54, 1.807) is 24.3 Å². The van der Waals surface area contributed by atoms with E-state index in [1.165, 1.54) is 0 Å². The number of sulfonamides is 1. The Labute approximate surface area is 114 Å². The van der Waals surface area contributed by atoms with E-state index in [4.69, 9.17) is 5.11 Å². The summed E-state index contributed by atoms with van der Waals surface area (Å²) in [5.41, 5.74) is 1.24. The zero-order chi connectivity index (χ0) is 13.9. The fourth-order valence-electron chi connectivity index (χ4n) is 2.53. The molecule has 0 aliphatic heterocycles. The molecule has 0 unspecified atom stereocenters. The molecular weight excluding hydrogens is 262 g/mol. The van der Waals surface area contributed by atoms with Crippen molar-refractivity contribution in [3.05, 3.63) is 35.4 Å². The van der Waals surface area contributed by atoms with Crippen LogP contribution in [0, 0.1) is 0 Å². The summed E-state index contributed by atoms with van der Waals surface area (Å²) in [5.74, 6) is -0.0252. The van der Waals surface area contributed by atoms with Crippen LogP contribution in [0.1, 0.15) is 43.7 Å². The van der Waals surface area contributed by atoms with E-state index in [9.17, 15) is 8.42 Å². The summed E-state index contributed by atoms with van der Waals surface area (Å²) >= 11 is 0. The molecule has 0 spiro atoms. The molecule has 0 saturated heterocycles. The summed E-state index contributed by atoms with van der Waals surface area (Å²) in [6.45, 7) is 1.95. The first-order valence-electron chi connectivity index (χ1n) is 6.69. The van der Waals surface area contributed by atoms with E-state index < -0.39 is 10.0 Å². The van der Waals surface area contributed by atoms with Crippen molar-refractivity contribution in [3.63, 3.8) is 0 Å². The highest BCUT2D eigenvalue weighted by Gasteiger charge is 2.38. The molecule has 0 atom stereocenters. The number of hydrogen-bond donors (Lipinski definition) is 2. The second-order valence-electron chi connectivity index (χ2n) is 5.33. The molecule has 0 radical (unpaired) electrons. The van der Waals surface area contributed by atoms with Crippen LogP contribution in [0.5, 0.6) is 0 Å². The molecule has 2 rings (SSSR count). The maximum absolute atomic E-state index is 12.2. The lowest BCUT2D eigenvalue weighted by Gasteiger charge is -2.41. The number of benzene rings is 1. The number of nitrogens with one attached hydrogen (secondary N) is 1. The zero-order valence-electron chi connectivity index (χ0n) is 11.2. The Balaban J connectivity index is 2.08. The highest BCUT2D eigenvalue weighted by atomic mass is 32.2. The van der Waals surface area contributed by atoms with E-state index >= 15 is 0 Å². The fourth-order valence-corrected chi connectivity index (χ4v) is 4.23. The summed E-state index contributed by atoms with van der Waals surface area (Å²) in [7, 11) is -3.32. The summed E-state index contributed by atoms with van der Waals surface area (Å²) in [6.07, 6.45) is 3.79. The SMILES string of the molecule is CCC1(NS(=O)(=O)Cc2cccc(CO)c2)CCC1. The molecule has 0 amide bonds. The highest BCUT2D eigenvalue weighted by Crippen LogP contribution is 2.35. The Morgan fingerprint density at radius 3 is 2.53 bits per heavy atom. The molecule has 0 bridgehead atoms. The van der Waals surface area contributed by atoms with Crippen LogP contribution in [0.15, 0.2) is 24.3 Å². The first-order chi connectivity index (χ1) is 8.99. The maximum atomic E-state index is 12.2. The van der Waals surface area contributed by atoms with Gasteiger partial charge in [0.05, 0.1) is 12.4 Å². The minimum Gasteiger partial charge on any atom is -0.392 e. The molecule has 0 heterocycles. The Morgan fingerprint density at radius 1 is 1.32 bits per heavy atom. The van der Waals surface area contributed by atoms with Crippen molar-refractivity contribution in [1.29, 1.82) is 0 Å². The van der Waals surface area contributed by atoms with Crippen molar-refractivity contribution in [3.8, 4) is 0 Å². The van der Waals surface area contributed by atoms with E-state index in [1.807, 2.05) is 6.92 Å². The van der Waals surface area contributed by atoms with Crippen LogP contribution in [0.25, 0.3) is 0 Å². The van der Waals surface area contributed by atoms with Crippen molar-refractivity contribution < 1.29 is 13.5 Å². The van der Waals surface area contributed by atoms with Crippen LogP contribution in [0.4, 0.5) is 0 Å². The largest absolute Gasteiger partial charge is 0.392 e. The first-order valence-corrected chi connectivity index (χ1v) is 8.34. The van der Waals surface area contributed by atoms with Gasteiger partial charge in [0.1, 0.15) is 0 Å². The summed E-state index contributed by atoms with van der Waals surface area (Å²) < 4.78 is 27.2. The van der Waals surface area contributed by atoms with Crippen LogP contribution in [0.2, 0.25) is 0 Å². The van der Waals surface area contributed by atoms with Gasteiger partial charge in [-0.3, -0.25) is 0 Å². The third kappa shape index (κ3) is 3.55. The van der Waals surface area contributed by atoms with Gasteiger partial charge < -0.3 is 5.11 Å². The lowest BCUT2D eigenvalue weighted by Crippen LogP contribution is -2.53. The third-order valence-electron chi connectivity index (χ3n) is 3.89. The molecule has 1 aliphatic carbocycles. The van der Waals surface area contributed by atoms with Gasteiger partial charge in [0, 0.05) is 5.54 Å². The van der Waals surface area contributed by atoms with Crippen molar-refractivity contribution >= 4 is 10.0 Å². The topological polar surface area (TPSA) is 66.4 Å². The van der Waals surface area contributed by atoms with E-state index in [0.29, 0.717) is 5.56 Å². The van der Waals surface area contributed by atoms with Crippen molar-refractivity contribution in [1.82, 2.24) is 4.72 Å². The third-order valence-corrected chi connectivity index (χ3v) is 5.35. The molecule has 0 aromatic heterocycles. The van der Waals surface area contributed by atoms with Crippen LogP contribution >= 0.6 is 0 Å². The normalized spacial score (nSPS) is 18.0. The predicted octanol–water partition coefficient (Wildman–Crippen LogP) is 1.93. The van der Waals surface area contributed by atoms with Gasteiger partial charge in [-0.15, -0.1) is 0 Å². The minimum absolute atomic E-state index is 0.0252. The van der Waals surface area contributed by atoms with Gasteiger partial charge in [-0.2, -0.15) is 0 Å². The fraction of sp³-hybridized carbons (Fsp3) is 0.571. The maximum Gasteiger partial charge on any atom is 0.216 e. The predicted molar refractivity (Wildman–Crippen MR) is 75.0 cm³/mol. The molecule has 1 aromatic rings. The molecule has 5 heteroatoms. The van der Waals surface area contributed by atoms with Crippen LogP contribution < -0.4 is 4.72 Å². The Kier molecular flexibility index (Phi) is 4.28. The summed E-state index contributed by atoms with van der Waals surface area (Å²) in [6, 6.07) is 7.06. The van der Waals surface area contributed by atoms with Gasteiger partial charge in [-0.05, 0) is 36.8 Å². The number of aliphatic hydroxyl groups excluding tert-OH is 1. The summed E-state index contributed by atoms with van der Waals surface area (Å²) in [4.78, 5) is 0. The smallest absolute Gasteiger partial charge is 0.216 e. The van der Waals surface area contributed by atoms with Gasteiger partial charge in [-0.25, -0.2) is 13.1 Å². The molecule has 1 saturated carbocycles. The van der Waals surface area contributed by atoms with Gasteiger partial charge >= 0.3 is 0 Å². The van der Waals surface area contributed by atoms with Crippen molar-refractivity contribution in [2.75, 3.05) is 0 Å². The van der Waals surface area contributed by atoms with Gasteiger partial charge in [-0.1, -0.05) is 31.2 Å². The van der Waals surface area contributed by atoms with E-state index in [-0.39, 0.29) is 17.9 Å². The Morgan fingerprint density at radius 2 is 2.00 bits per heavy atom. The standard InChI is InChI=1S/C14H21NO3S/c1-2-14(7-4-8-14)15-19(17,18)11-13-6-3-5-12(9-13)10-16/h3,5-6,9,15-16H,2,4,7-8,10-11H2,1H3. The molecule has 19 heavy (non-hydrogen) atoms. The van der Waals surface area contributed by atoms with Crippen LogP contribution in [0.3, 0.4) is 0 Å². The zero-order valence-corrected chi connectivity index (χ0v) is 12.0. The Bertz CT molecular complexity index is 530. The highest BCUT2D eigenvalue weighted by molar-refractivity contribution is 7.88. The molecule has 1 aromatic carbocycles.